The third kappa shape index (κ3) is 4.99. The topological polar surface area (TPSA) is 106 Å². The van der Waals surface area contributed by atoms with Crippen LogP contribution in [0, 0.1) is 13.8 Å². The van der Waals surface area contributed by atoms with Crippen molar-refractivity contribution in [3.63, 3.8) is 0 Å². The Kier molecular flexibility index (Phi) is 6.78. The van der Waals surface area contributed by atoms with Gasteiger partial charge in [-0.25, -0.2) is 14.5 Å². The van der Waals surface area contributed by atoms with Gasteiger partial charge in [0.25, 0.3) is 0 Å². The van der Waals surface area contributed by atoms with Crippen molar-refractivity contribution in [2.75, 3.05) is 17.2 Å². The number of rotatable bonds is 7. The first-order valence-corrected chi connectivity index (χ1v) is 12.3. The van der Waals surface area contributed by atoms with E-state index in [0.717, 1.165) is 23.2 Å². The van der Waals surface area contributed by atoms with E-state index in [1.54, 1.807) is 11.6 Å². The molecule has 3 heterocycles. The molecule has 0 saturated heterocycles. The predicted octanol–water partition coefficient (Wildman–Crippen LogP) is 5.28. The zero-order chi connectivity index (χ0) is 25.9. The highest BCUT2D eigenvalue weighted by molar-refractivity contribution is 6.02. The molecule has 3 aromatic heterocycles. The monoisotopic (exact) mass is 498 g/mol. The SMILES string of the molecule is Cc1c(OCC(C)O)nn(C2C=CC=CC2)c1NC(=O)Nc1c(-c2ccccc2)nc2c(C)cccn12. The van der Waals surface area contributed by atoms with Crippen LogP contribution >= 0.6 is 0 Å². The maximum absolute atomic E-state index is 13.4. The molecule has 190 valence electrons. The molecule has 1 aromatic carbocycles. The first kappa shape index (κ1) is 24.3. The van der Waals surface area contributed by atoms with Crippen molar-refractivity contribution in [1.29, 1.82) is 0 Å². The summed E-state index contributed by atoms with van der Waals surface area (Å²) in [5.41, 5.74) is 4.02. The smallest absolute Gasteiger partial charge is 0.326 e. The van der Waals surface area contributed by atoms with Gasteiger partial charge in [-0.2, -0.15) is 0 Å². The Balaban J connectivity index is 1.49. The van der Waals surface area contributed by atoms with Gasteiger partial charge in [-0.15, -0.1) is 5.10 Å². The van der Waals surface area contributed by atoms with E-state index in [2.05, 4.69) is 21.8 Å². The van der Waals surface area contributed by atoms with Crippen LogP contribution in [-0.4, -0.2) is 43.0 Å². The number of nitrogens with zero attached hydrogens (tertiary/aromatic N) is 4. The van der Waals surface area contributed by atoms with Crippen molar-refractivity contribution in [1.82, 2.24) is 19.2 Å². The van der Waals surface area contributed by atoms with Gasteiger partial charge < -0.3 is 9.84 Å². The first-order chi connectivity index (χ1) is 17.9. The molecular weight excluding hydrogens is 468 g/mol. The molecule has 0 bridgehead atoms. The second-order valence-corrected chi connectivity index (χ2v) is 9.14. The van der Waals surface area contributed by atoms with Crippen LogP contribution in [0.1, 0.15) is 30.5 Å². The summed E-state index contributed by atoms with van der Waals surface area (Å²) in [6.07, 6.45) is 9.98. The zero-order valence-electron chi connectivity index (χ0n) is 21.0. The van der Waals surface area contributed by atoms with Gasteiger partial charge >= 0.3 is 6.03 Å². The minimum Gasteiger partial charge on any atom is -0.474 e. The molecular formula is C28H30N6O3. The first-order valence-electron chi connectivity index (χ1n) is 12.3. The van der Waals surface area contributed by atoms with Crippen molar-refractivity contribution in [3.05, 3.63) is 84.1 Å². The largest absolute Gasteiger partial charge is 0.474 e. The lowest BCUT2D eigenvalue weighted by Gasteiger charge is -2.18. The number of aliphatic hydroxyl groups excluding tert-OH is 1. The third-order valence-electron chi connectivity index (χ3n) is 6.19. The number of aromatic nitrogens is 4. The molecule has 2 unspecified atom stereocenters. The van der Waals surface area contributed by atoms with Gasteiger partial charge in [0.1, 0.15) is 29.6 Å². The normalized spacial score (nSPS) is 15.6. The van der Waals surface area contributed by atoms with Gasteiger partial charge in [0.05, 0.1) is 17.7 Å². The Morgan fingerprint density at radius 1 is 1.14 bits per heavy atom. The number of nitrogens with one attached hydrogen (secondary N) is 2. The number of imidazole rings is 1. The number of amides is 2. The number of urea groups is 1. The molecule has 0 radical (unpaired) electrons. The fraction of sp³-hybridized carbons (Fsp3) is 0.250. The maximum atomic E-state index is 13.4. The molecule has 0 aliphatic heterocycles. The summed E-state index contributed by atoms with van der Waals surface area (Å²) < 4.78 is 9.37. The Morgan fingerprint density at radius 2 is 1.92 bits per heavy atom. The number of allylic oxidation sites excluding steroid dienone is 4. The highest BCUT2D eigenvalue weighted by Gasteiger charge is 2.24. The van der Waals surface area contributed by atoms with E-state index in [1.807, 2.05) is 85.1 Å². The van der Waals surface area contributed by atoms with Crippen molar-refractivity contribution in [2.45, 2.75) is 39.3 Å². The second kappa shape index (κ2) is 10.3. The van der Waals surface area contributed by atoms with Gasteiger partial charge in [-0.05, 0) is 38.8 Å². The van der Waals surface area contributed by atoms with Gasteiger partial charge in [0.15, 0.2) is 0 Å². The highest BCUT2D eigenvalue weighted by Crippen LogP contribution is 2.33. The summed E-state index contributed by atoms with van der Waals surface area (Å²) in [5, 5.41) is 20.3. The molecule has 1 aliphatic carbocycles. The van der Waals surface area contributed by atoms with Crippen LogP contribution < -0.4 is 15.4 Å². The standard InChI is InChI=1S/C28H30N6O3/c1-18-11-10-16-33-24(18)29-23(21-12-6-4-7-13-21)26(33)31-28(36)30-25-20(3)27(37-17-19(2)35)32-34(25)22-14-8-5-9-15-22/h4-14,16,19,22,35H,15,17H2,1-3H3,(H2,30,31,36). The number of ether oxygens (including phenoxy) is 1. The number of hydrogen-bond donors (Lipinski definition) is 3. The number of carbonyl (C=O) groups is 1. The molecule has 37 heavy (non-hydrogen) atoms. The lowest BCUT2D eigenvalue weighted by atomic mass is 10.1. The summed E-state index contributed by atoms with van der Waals surface area (Å²) in [5.74, 6) is 1.46. The van der Waals surface area contributed by atoms with Gasteiger partial charge in [-0.3, -0.25) is 15.0 Å². The average molecular weight is 499 g/mol. The molecule has 2 atom stereocenters. The summed E-state index contributed by atoms with van der Waals surface area (Å²) >= 11 is 0. The second-order valence-electron chi connectivity index (χ2n) is 9.14. The fourth-order valence-electron chi connectivity index (χ4n) is 4.34. The Morgan fingerprint density at radius 3 is 2.65 bits per heavy atom. The number of hydrogen-bond acceptors (Lipinski definition) is 5. The van der Waals surface area contributed by atoms with E-state index >= 15 is 0 Å². The lowest BCUT2D eigenvalue weighted by molar-refractivity contribution is 0.119. The quantitative estimate of drug-likeness (QED) is 0.322. The van der Waals surface area contributed by atoms with Gasteiger partial charge in [0.2, 0.25) is 5.88 Å². The number of aliphatic hydroxyl groups is 1. The Hall–Kier alpha value is -4.37. The van der Waals surface area contributed by atoms with E-state index < -0.39 is 12.1 Å². The molecule has 0 saturated carbocycles. The molecule has 5 rings (SSSR count). The Bertz CT molecular complexity index is 1480. The summed E-state index contributed by atoms with van der Waals surface area (Å²) in [6, 6.07) is 13.2. The Labute approximate surface area is 215 Å². The minimum absolute atomic E-state index is 0.0822. The van der Waals surface area contributed by atoms with E-state index in [4.69, 9.17) is 9.72 Å². The van der Waals surface area contributed by atoms with Crippen molar-refractivity contribution in [3.8, 4) is 17.1 Å². The number of pyridine rings is 1. The highest BCUT2D eigenvalue weighted by atomic mass is 16.5. The molecule has 3 N–H and O–H groups in total. The molecule has 0 fully saturated rings. The summed E-state index contributed by atoms with van der Waals surface area (Å²) in [7, 11) is 0. The molecule has 1 aliphatic rings. The molecule has 9 nitrogen and oxygen atoms in total. The fourth-order valence-corrected chi connectivity index (χ4v) is 4.34. The number of aryl methyl sites for hydroxylation is 1. The van der Waals surface area contributed by atoms with Crippen molar-refractivity contribution >= 4 is 23.3 Å². The number of carbonyl (C=O) groups excluding carboxylic acids is 1. The number of anilines is 2. The maximum Gasteiger partial charge on any atom is 0.326 e. The average Bonchev–Trinajstić information content (AvgIpc) is 3.42. The van der Waals surface area contributed by atoms with E-state index in [-0.39, 0.29) is 12.6 Å². The number of fused-ring (bicyclic) bond motifs is 1. The van der Waals surface area contributed by atoms with Crippen LogP contribution in [0.3, 0.4) is 0 Å². The van der Waals surface area contributed by atoms with Crippen LogP contribution in [0.5, 0.6) is 5.88 Å². The van der Waals surface area contributed by atoms with Crippen LogP contribution in [-0.2, 0) is 0 Å². The summed E-state index contributed by atoms with van der Waals surface area (Å²) in [4.78, 5) is 18.3. The van der Waals surface area contributed by atoms with E-state index in [1.165, 1.54) is 0 Å². The third-order valence-corrected chi connectivity index (χ3v) is 6.19. The molecule has 2 amide bonds. The number of benzene rings is 1. The van der Waals surface area contributed by atoms with E-state index in [0.29, 0.717) is 28.8 Å². The van der Waals surface area contributed by atoms with Gasteiger partial charge in [-0.1, -0.05) is 60.7 Å². The molecule has 0 spiro atoms. The van der Waals surface area contributed by atoms with Crippen LogP contribution in [0.4, 0.5) is 16.4 Å². The van der Waals surface area contributed by atoms with E-state index in [9.17, 15) is 9.90 Å². The summed E-state index contributed by atoms with van der Waals surface area (Å²) in [6.45, 7) is 5.58. The lowest BCUT2D eigenvalue weighted by Crippen LogP contribution is -2.24. The predicted molar refractivity (Wildman–Crippen MR) is 144 cm³/mol. The van der Waals surface area contributed by atoms with Crippen molar-refractivity contribution < 1.29 is 14.6 Å². The van der Waals surface area contributed by atoms with Crippen LogP contribution in [0.15, 0.2) is 73.0 Å². The zero-order valence-corrected chi connectivity index (χ0v) is 21.0. The molecule has 9 heteroatoms. The van der Waals surface area contributed by atoms with Crippen LogP contribution in [0.2, 0.25) is 0 Å². The molecule has 4 aromatic rings. The minimum atomic E-state index is -0.642. The van der Waals surface area contributed by atoms with Gasteiger partial charge in [0, 0.05) is 11.8 Å². The van der Waals surface area contributed by atoms with Crippen molar-refractivity contribution in [2.24, 2.45) is 0 Å². The van der Waals surface area contributed by atoms with Crippen LogP contribution in [0.25, 0.3) is 16.9 Å².